The Morgan fingerprint density at radius 2 is 2.32 bits per heavy atom. The number of nitrogens with zero attached hydrogens (tertiary/aromatic N) is 2. The molecular formula is C13H16N2O4. The van der Waals surface area contributed by atoms with Crippen LogP contribution >= 0.6 is 0 Å². The monoisotopic (exact) mass is 264 g/mol. The summed E-state index contributed by atoms with van der Waals surface area (Å²) in [5.74, 6) is 0.525. The summed E-state index contributed by atoms with van der Waals surface area (Å²) < 4.78 is 11.9. The fourth-order valence-corrected chi connectivity index (χ4v) is 1.76. The van der Waals surface area contributed by atoms with Crippen molar-refractivity contribution in [2.75, 3.05) is 20.3 Å². The summed E-state index contributed by atoms with van der Waals surface area (Å²) in [6, 6.07) is 3.45. The first kappa shape index (κ1) is 13.5. The lowest BCUT2D eigenvalue weighted by atomic mass is 10.2. The van der Waals surface area contributed by atoms with Gasteiger partial charge in [0, 0.05) is 19.4 Å². The number of carbonyl (C=O) groups is 1. The van der Waals surface area contributed by atoms with Gasteiger partial charge in [-0.2, -0.15) is 5.10 Å². The molecule has 102 valence electrons. The lowest BCUT2D eigenvalue weighted by Crippen LogP contribution is -2.22. The minimum absolute atomic E-state index is 0.0495. The first-order valence-corrected chi connectivity index (χ1v) is 5.90. The van der Waals surface area contributed by atoms with Gasteiger partial charge in [0.25, 0.3) is 0 Å². The molecule has 6 heteroatoms. The number of Topliss-reactive ketones (excluding diaryl/α,β-unsaturated/α-hetero) is 1. The molecule has 2 aromatic heterocycles. The molecule has 0 aromatic carbocycles. The van der Waals surface area contributed by atoms with Gasteiger partial charge in [-0.05, 0) is 13.0 Å². The van der Waals surface area contributed by atoms with Crippen molar-refractivity contribution in [2.24, 2.45) is 0 Å². The summed E-state index contributed by atoms with van der Waals surface area (Å²) in [5.41, 5.74) is 1.23. The van der Waals surface area contributed by atoms with Crippen molar-refractivity contribution < 1.29 is 19.4 Å². The number of methoxy groups -OCH3 is 1. The van der Waals surface area contributed by atoms with E-state index in [1.165, 1.54) is 20.2 Å². The molecule has 0 saturated heterocycles. The van der Waals surface area contributed by atoms with Crippen LogP contribution in [0.2, 0.25) is 0 Å². The fraction of sp³-hybridized carbons (Fsp3) is 0.385. The van der Waals surface area contributed by atoms with E-state index in [9.17, 15) is 9.90 Å². The number of aliphatic hydroxyl groups is 1. The Hall–Kier alpha value is -1.92. The lowest BCUT2D eigenvalue weighted by Gasteiger charge is -2.11. The standard InChI is InChI=1S/C13H16N2O4/c1-9(16)12-6-14-15-4-3-11(5-13(12)15)19-8-10(17)7-18-2/h3-6,10,17H,7-8H2,1-2H3. The van der Waals surface area contributed by atoms with Crippen LogP contribution in [0.4, 0.5) is 0 Å². The first-order valence-electron chi connectivity index (χ1n) is 5.90. The zero-order valence-electron chi connectivity index (χ0n) is 10.9. The van der Waals surface area contributed by atoms with Crippen LogP contribution in [0.25, 0.3) is 5.52 Å². The Balaban J connectivity index is 2.16. The van der Waals surface area contributed by atoms with E-state index in [1.807, 2.05) is 0 Å². The number of ether oxygens (including phenoxy) is 2. The number of pyridine rings is 1. The normalized spacial score (nSPS) is 12.6. The molecule has 6 nitrogen and oxygen atoms in total. The van der Waals surface area contributed by atoms with Crippen molar-refractivity contribution in [3.63, 3.8) is 0 Å². The van der Waals surface area contributed by atoms with Gasteiger partial charge < -0.3 is 14.6 Å². The molecule has 0 aliphatic rings. The van der Waals surface area contributed by atoms with E-state index in [0.717, 1.165) is 0 Å². The highest BCUT2D eigenvalue weighted by Crippen LogP contribution is 2.18. The summed E-state index contributed by atoms with van der Waals surface area (Å²) >= 11 is 0. The number of hydrogen-bond acceptors (Lipinski definition) is 5. The van der Waals surface area contributed by atoms with Crippen LogP contribution in [-0.4, -0.2) is 46.9 Å². The maximum Gasteiger partial charge on any atom is 0.163 e. The third kappa shape index (κ3) is 3.10. The van der Waals surface area contributed by atoms with E-state index in [4.69, 9.17) is 9.47 Å². The van der Waals surface area contributed by atoms with E-state index in [0.29, 0.717) is 16.8 Å². The molecule has 0 spiro atoms. The van der Waals surface area contributed by atoms with Crippen molar-refractivity contribution in [1.29, 1.82) is 0 Å². The highest BCUT2D eigenvalue weighted by atomic mass is 16.5. The van der Waals surface area contributed by atoms with Gasteiger partial charge in [0.2, 0.25) is 0 Å². The van der Waals surface area contributed by atoms with Gasteiger partial charge in [-0.25, -0.2) is 4.52 Å². The SMILES string of the molecule is COCC(O)COc1ccn2ncc(C(C)=O)c2c1. The minimum atomic E-state index is -0.682. The van der Waals surface area contributed by atoms with Crippen molar-refractivity contribution in [3.8, 4) is 5.75 Å². The van der Waals surface area contributed by atoms with Gasteiger partial charge in [0.05, 0.1) is 23.9 Å². The summed E-state index contributed by atoms with van der Waals surface area (Å²) in [5, 5.41) is 13.6. The van der Waals surface area contributed by atoms with E-state index in [-0.39, 0.29) is 19.0 Å². The summed E-state index contributed by atoms with van der Waals surface area (Å²) in [7, 11) is 1.51. The largest absolute Gasteiger partial charge is 0.491 e. The molecule has 0 bridgehead atoms. The third-order valence-corrected chi connectivity index (χ3v) is 2.67. The fourth-order valence-electron chi connectivity index (χ4n) is 1.76. The van der Waals surface area contributed by atoms with Crippen LogP contribution < -0.4 is 4.74 Å². The molecule has 0 amide bonds. The van der Waals surface area contributed by atoms with Crippen LogP contribution in [0.1, 0.15) is 17.3 Å². The molecular weight excluding hydrogens is 248 g/mol. The van der Waals surface area contributed by atoms with E-state index >= 15 is 0 Å². The van der Waals surface area contributed by atoms with Gasteiger partial charge in [0.15, 0.2) is 5.78 Å². The number of aromatic nitrogens is 2. The van der Waals surface area contributed by atoms with Gasteiger partial charge >= 0.3 is 0 Å². The quantitative estimate of drug-likeness (QED) is 0.785. The molecule has 1 N–H and O–H groups in total. The van der Waals surface area contributed by atoms with E-state index in [1.54, 1.807) is 22.8 Å². The van der Waals surface area contributed by atoms with Crippen LogP contribution in [0.5, 0.6) is 5.75 Å². The lowest BCUT2D eigenvalue weighted by molar-refractivity contribution is 0.0325. The maximum atomic E-state index is 11.4. The zero-order chi connectivity index (χ0) is 13.8. The average Bonchev–Trinajstić information content (AvgIpc) is 2.79. The topological polar surface area (TPSA) is 73.1 Å². The number of hydrogen-bond donors (Lipinski definition) is 1. The van der Waals surface area contributed by atoms with Crippen molar-refractivity contribution >= 4 is 11.3 Å². The Kier molecular flexibility index (Phi) is 4.13. The van der Waals surface area contributed by atoms with Gasteiger partial charge in [-0.15, -0.1) is 0 Å². The van der Waals surface area contributed by atoms with Gasteiger partial charge in [-0.3, -0.25) is 4.79 Å². The Morgan fingerprint density at radius 3 is 3.00 bits per heavy atom. The second-order valence-electron chi connectivity index (χ2n) is 4.23. The third-order valence-electron chi connectivity index (χ3n) is 2.67. The number of ketones is 1. The van der Waals surface area contributed by atoms with E-state index < -0.39 is 6.10 Å². The van der Waals surface area contributed by atoms with Crippen LogP contribution in [0.3, 0.4) is 0 Å². The smallest absolute Gasteiger partial charge is 0.163 e. The van der Waals surface area contributed by atoms with Gasteiger partial charge in [-0.1, -0.05) is 0 Å². The molecule has 0 aliphatic carbocycles. The van der Waals surface area contributed by atoms with Crippen molar-refractivity contribution in [3.05, 3.63) is 30.1 Å². The number of fused-ring (bicyclic) bond motifs is 1. The Bertz CT molecular complexity index is 579. The van der Waals surface area contributed by atoms with Crippen molar-refractivity contribution in [1.82, 2.24) is 9.61 Å². The van der Waals surface area contributed by atoms with Crippen molar-refractivity contribution in [2.45, 2.75) is 13.0 Å². The summed E-state index contributed by atoms with van der Waals surface area (Å²) in [6.07, 6.45) is 2.56. The molecule has 0 radical (unpaired) electrons. The summed E-state index contributed by atoms with van der Waals surface area (Å²) in [4.78, 5) is 11.4. The zero-order valence-corrected chi connectivity index (χ0v) is 10.9. The number of rotatable bonds is 6. The Morgan fingerprint density at radius 1 is 1.53 bits per heavy atom. The maximum absolute atomic E-state index is 11.4. The molecule has 1 unspecified atom stereocenters. The minimum Gasteiger partial charge on any atom is -0.491 e. The van der Waals surface area contributed by atoms with Crippen LogP contribution in [-0.2, 0) is 4.74 Å². The van der Waals surface area contributed by atoms with Crippen LogP contribution in [0, 0.1) is 0 Å². The Labute approximate surface area is 110 Å². The molecule has 0 saturated carbocycles. The van der Waals surface area contributed by atoms with E-state index in [2.05, 4.69) is 5.10 Å². The molecule has 19 heavy (non-hydrogen) atoms. The van der Waals surface area contributed by atoms with Gasteiger partial charge in [0.1, 0.15) is 18.5 Å². The molecule has 2 heterocycles. The highest BCUT2D eigenvalue weighted by Gasteiger charge is 2.10. The molecule has 2 aromatic rings. The molecule has 2 rings (SSSR count). The average molecular weight is 264 g/mol. The second kappa shape index (κ2) is 5.81. The highest BCUT2D eigenvalue weighted by molar-refractivity contribution is 6.00. The second-order valence-corrected chi connectivity index (χ2v) is 4.23. The van der Waals surface area contributed by atoms with Crippen LogP contribution in [0.15, 0.2) is 24.5 Å². The summed E-state index contributed by atoms with van der Waals surface area (Å²) in [6.45, 7) is 1.84. The molecule has 0 aliphatic heterocycles. The first-order chi connectivity index (χ1) is 9.11. The predicted molar refractivity (Wildman–Crippen MR) is 68.6 cm³/mol. The molecule has 0 fully saturated rings. The predicted octanol–water partition coefficient (Wildman–Crippen LogP) is 0.923. The molecule has 1 atom stereocenters. The number of carbonyl (C=O) groups excluding carboxylic acids is 1. The number of aliphatic hydroxyl groups excluding tert-OH is 1.